The van der Waals surface area contributed by atoms with Gasteiger partial charge in [0.05, 0.1) is 12.4 Å². The second-order valence-electron chi connectivity index (χ2n) is 8.53. The summed E-state index contributed by atoms with van der Waals surface area (Å²) in [6, 6.07) is 14.5. The summed E-state index contributed by atoms with van der Waals surface area (Å²) < 4.78 is 0. The quantitative estimate of drug-likeness (QED) is 0.646. The van der Waals surface area contributed by atoms with Gasteiger partial charge in [-0.3, -0.25) is 14.7 Å². The van der Waals surface area contributed by atoms with Crippen LogP contribution in [0.1, 0.15) is 36.1 Å². The van der Waals surface area contributed by atoms with Crippen LogP contribution in [0.2, 0.25) is 10.0 Å². The molecular weight excluding hydrogens is 447 g/mol. The molecule has 1 saturated carbocycles. The number of aliphatic imine (C=N–C) groups is 1. The van der Waals surface area contributed by atoms with E-state index in [1.165, 1.54) is 0 Å². The van der Waals surface area contributed by atoms with Crippen molar-refractivity contribution in [2.24, 2.45) is 10.9 Å². The summed E-state index contributed by atoms with van der Waals surface area (Å²) in [5, 5.41) is 1.30. The predicted molar refractivity (Wildman–Crippen MR) is 125 cm³/mol. The summed E-state index contributed by atoms with van der Waals surface area (Å²) in [4.78, 5) is 36.0. The zero-order chi connectivity index (χ0) is 22.2. The molecule has 2 aromatic carbocycles. The predicted octanol–water partition coefficient (Wildman–Crippen LogP) is 4.79. The maximum Gasteiger partial charge on any atom is 0.325 e. The number of hydrogen-bond acceptors (Lipinski definition) is 3. The minimum absolute atomic E-state index is 0.0938. The molecule has 2 aliphatic heterocycles. The average molecular weight is 471 g/mol. The van der Waals surface area contributed by atoms with E-state index in [2.05, 4.69) is 0 Å². The van der Waals surface area contributed by atoms with Gasteiger partial charge in [0.25, 0.3) is 0 Å². The summed E-state index contributed by atoms with van der Waals surface area (Å²) in [7, 11) is 0. The molecule has 2 heterocycles. The van der Waals surface area contributed by atoms with Crippen LogP contribution in [0.5, 0.6) is 0 Å². The fourth-order valence-electron chi connectivity index (χ4n) is 4.42. The van der Waals surface area contributed by atoms with Gasteiger partial charge in [-0.2, -0.15) is 0 Å². The van der Waals surface area contributed by atoms with Gasteiger partial charge in [-0.05, 0) is 48.2 Å². The number of piperazine rings is 1. The Labute approximate surface area is 197 Å². The summed E-state index contributed by atoms with van der Waals surface area (Å²) in [6.07, 6.45) is 3.64. The zero-order valence-corrected chi connectivity index (χ0v) is 19.0. The first-order chi connectivity index (χ1) is 15.5. The monoisotopic (exact) mass is 470 g/mol. The molecule has 1 saturated heterocycles. The molecule has 0 bridgehead atoms. The van der Waals surface area contributed by atoms with Crippen molar-refractivity contribution in [3.05, 3.63) is 69.7 Å². The number of rotatable bonds is 3. The Morgan fingerprint density at radius 1 is 0.781 bits per heavy atom. The molecule has 5 rings (SSSR count). The smallest absolute Gasteiger partial charge is 0.325 e. The van der Waals surface area contributed by atoms with Gasteiger partial charge in [-0.25, -0.2) is 4.79 Å². The van der Waals surface area contributed by atoms with E-state index in [1.807, 2.05) is 58.3 Å². The number of urea groups is 1. The van der Waals surface area contributed by atoms with Crippen molar-refractivity contribution in [3.63, 3.8) is 0 Å². The Kier molecular flexibility index (Phi) is 5.82. The topological polar surface area (TPSA) is 56.2 Å². The molecule has 2 fully saturated rings. The van der Waals surface area contributed by atoms with Crippen molar-refractivity contribution in [1.82, 2.24) is 14.7 Å². The van der Waals surface area contributed by atoms with Gasteiger partial charge in [0, 0.05) is 42.1 Å². The Balaban J connectivity index is 1.36. The first-order valence-electron chi connectivity index (χ1n) is 10.9. The van der Waals surface area contributed by atoms with E-state index in [4.69, 9.17) is 28.2 Å². The van der Waals surface area contributed by atoms with Crippen LogP contribution < -0.4 is 0 Å². The lowest BCUT2D eigenvalue weighted by molar-refractivity contribution is -0.134. The highest BCUT2D eigenvalue weighted by atomic mass is 35.5. The molecule has 0 spiro atoms. The Bertz CT molecular complexity index is 1030. The second-order valence-corrected chi connectivity index (χ2v) is 9.41. The summed E-state index contributed by atoms with van der Waals surface area (Å²) in [6.45, 7) is 2.22. The molecule has 2 unspecified atom stereocenters. The van der Waals surface area contributed by atoms with Crippen LogP contribution in [0.3, 0.4) is 0 Å². The van der Waals surface area contributed by atoms with Gasteiger partial charge in [0.1, 0.15) is 6.04 Å². The molecule has 32 heavy (non-hydrogen) atoms. The molecule has 0 radical (unpaired) electrons. The molecule has 0 aromatic heterocycles. The second kappa shape index (κ2) is 8.75. The van der Waals surface area contributed by atoms with Crippen molar-refractivity contribution in [1.29, 1.82) is 0 Å². The van der Waals surface area contributed by atoms with Gasteiger partial charge < -0.3 is 9.80 Å². The third-order valence-electron chi connectivity index (χ3n) is 6.38. The normalized spacial score (nSPS) is 23.0. The highest BCUT2D eigenvalue weighted by molar-refractivity contribution is 6.30. The summed E-state index contributed by atoms with van der Waals surface area (Å²) >= 11 is 12.2. The maximum atomic E-state index is 13.5. The maximum absolute atomic E-state index is 13.5. The first-order valence-corrected chi connectivity index (χ1v) is 11.7. The van der Waals surface area contributed by atoms with E-state index < -0.39 is 0 Å². The van der Waals surface area contributed by atoms with Gasteiger partial charge in [0.2, 0.25) is 5.91 Å². The minimum Gasteiger partial charge on any atom is -0.339 e. The summed E-state index contributed by atoms with van der Waals surface area (Å²) in [5.74, 6) is 0.444. The lowest BCUT2D eigenvalue weighted by Crippen LogP contribution is -2.54. The van der Waals surface area contributed by atoms with Crippen molar-refractivity contribution in [2.45, 2.75) is 24.9 Å². The fourth-order valence-corrected chi connectivity index (χ4v) is 4.67. The SMILES string of the molecule is O=C(C1CC1)N1CCN(C(=O)N2C=NC(c3ccc(Cl)cc3)C2c2ccc(Cl)cc2)CC1. The highest BCUT2D eigenvalue weighted by Gasteiger charge is 2.40. The average Bonchev–Trinajstić information content (AvgIpc) is 3.58. The molecule has 2 atom stereocenters. The van der Waals surface area contributed by atoms with Crippen LogP contribution in [-0.4, -0.2) is 59.2 Å². The largest absolute Gasteiger partial charge is 0.339 e. The van der Waals surface area contributed by atoms with Crippen LogP contribution in [-0.2, 0) is 4.79 Å². The fraction of sp³-hybridized carbons (Fsp3) is 0.375. The Morgan fingerprint density at radius 3 is 1.88 bits per heavy atom. The van der Waals surface area contributed by atoms with Gasteiger partial charge >= 0.3 is 6.03 Å². The highest BCUT2D eigenvalue weighted by Crippen LogP contribution is 2.41. The summed E-state index contributed by atoms with van der Waals surface area (Å²) in [5.41, 5.74) is 1.95. The van der Waals surface area contributed by atoms with E-state index in [0.29, 0.717) is 36.2 Å². The number of amides is 3. The number of benzene rings is 2. The lowest BCUT2D eigenvalue weighted by atomic mass is 9.94. The van der Waals surface area contributed by atoms with Gasteiger partial charge in [0.15, 0.2) is 0 Å². The van der Waals surface area contributed by atoms with Crippen LogP contribution in [0, 0.1) is 5.92 Å². The van der Waals surface area contributed by atoms with E-state index in [9.17, 15) is 9.59 Å². The molecule has 166 valence electrons. The zero-order valence-electron chi connectivity index (χ0n) is 17.5. The minimum atomic E-state index is -0.285. The number of halogens is 2. The Morgan fingerprint density at radius 2 is 1.31 bits per heavy atom. The molecular formula is C24H24Cl2N4O2. The standard InChI is InChI=1S/C24H24Cl2N4O2/c25-19-7-3-16(4-8-19)21-22(17-5-9-20(26)10-6-17)30(15-27-21)24(32)29-13-11-28(12-14-29)23(31)18-1-2-18/h3-10,15,18,21-22H,1-2,11-14H2. The van der Waals surface area contributed by atoms with Crippen LogP contribution >= 0.6 is 23.2 Å². The van der Waals surface area contributed by atoms with Crippen molar-refractivity contribution in [2.75, 3.05) is 26.2 Å². The first kappa shape index (κ1) is 21.3. The molecule has 3 amide bonds. The molecule has 6 nitrogen and oxygen atoms in total. The van der Waals surface area contributed by atoms with Crippen LogP contribution in [0.15, 0.2) is 53.5 Å². The van der Waals surface area contributed by atoms with Crippen molar-refractivity contribution >= 4 is 41.5 Å². The lowest BCUT2D eigenvalue weighted by Gasteiger charge is -2.38. The number of carbonyl (C=O) groups excluding carboxylic acids is 2. The molecule has 8 heteroatoms. The van der Waals surface area contributed by atoms with Crippen molar-refractivity contribution < 1.29 is 9.59 Å². The number of carbonyl (C=O) groups is 2. The Hall–Kier alpha value is -2.57. The molecule has 3 aliphatic rings. The third kappa shape index (κ3) is 4.21. The van der Waals surface area contributed by atoms with E-state index in [1.54, 1.807) is 11.2 Å². The molecule has 2 aromatic rings. The van der Waals surface area contributed by atoms with Crippen LogP contribution in [0.4, 0.5) is 4.79 Å². The third-order valence-corrected chi connectivity index (χ3v) is 6.89. The number of nitrogens with zero attached hydrogens (tertiary/aromatic N) is 4. The van der Waals surface area contributed by atoms with Crippen molar-refractivity contribution in [3.8, 4) is 0 Å². The van der Waals surface area contributed by atoms with Gasteiger partial charge in [-0.1, -0.05) is 47.5 Å². The van der Waals surface area contributed by atoms with E-state index in [-0.39, 0.29) is 29.9 Å². The van der Waals surface area contributed by atoms with Crippen LogP contribution in [0.25, 0.3) is 0 Å². The number of hydrogen-bond donors (Lipinski definition) is 0. The van der Waals surface area contributed by atoms with Gasteiger partial charge in [-0.15, -0.1) is 0 Å². The van der Waals surface area contributed by atoms with E-state index >= 15 is 0 Å². The molecule has 1 aliphatic carbocycles. The molecule has 0 N–H and O–H groups in total. The van der Waals surface area contributed by atoms with E-state index in [0.717, 1.165) is 24.0 Å².